The standard InChI is InChI=1S/C19H19FN2O5S/c1-12(23)13-2-4-17(16(20)10-13)21-6-8-22(9-7-21)19(25)15-11-14(28(26)27)3-5-18(15)24/h2-5,10-11,24H,6-9H2,1H3,(H,26,27)/p-1. The molecule has 0 spiro atoms. The molecule has 0 bridgehead atoms. The molecule has 1 N–H and O–H groups in total. The molecule has 1 heterocycles. The minimum Gasteiger partial charge on any atom is -0.768 e. The van der Waals surface area contributed by atoms with E-state index in [-0.39, 0.29) is 35.1 Å². The number of phenols is 1. The van der Waals surface area contributed by atoms with Gasteiger partial charge in [-0.1, -0.05) is 0 Å². The van der Waals surface area contributed by atoms with Crippen molar-refractivity contribution < 1.29 is 27.8 Å². The van der Waals surface area contributed by atoms with Gasteiger partial charge < -0.3 is 19.5 Å². The van der Waals surface area contributed by atoms with Gasteiger partial charge in [-0.25, -0.2) is 4.39 Å². The minimum atomic E-state index is -2.51. The maximum absolute atomic E-state index is 14.3. The molecule has 0 radical (unpaired) electrons. The molecule has 28 heavy (non-hydrogen) atoms. The lowest BCUT2D eigenvalue weighted by Gasteiger charge is -2.36. The van der Waals surface area contributed by atoms with E-state index in [1.807, 2.05) is 0 Å². The molecular formula is C19H18FN2O5S-. The van der Waals surface area contributed by atoms with Gasteiger partial charge >= 0.3 is 0 Å². The average Bonchev–Trinajstić information content (AvgIpc) is 2.67. The summed E-state index contributed by atoms with van der Waals surface area (Å²) in [5.41, 5.74) is 0.553. The third-order valence-electron chi connectivity index (χ3n) is 4.65. The number of aromatic hydroxyl groups is 1. The van der Waals surface area contributed by atoms with Crippen molar-refractivity contribution in [3.05, 3.63) is 53.3 Å². The number of hydrogen-bond donors (Lipinski definition) is 1. The quantitative estimate of drug-likeness (QED) is 0.616. The molecule has 2 aromatic carbocycles. The fourth-order valence-electron chi connectivity index (χ4n) is 3.09. The maximum atomic E-state index is 14.3. The van der Waals surface area contributed by atoms with Gasteiger partial charge in [0.25, 0.3) is 5.91 Å². The number of benzene rings is 2. The normalized spacial score (nSPS) is 15.4. The van der Waals surface area contributed by atoms with Crippen LogP contribution < -0.4 is 4.90 Å². The second-order valence-electron chi connectivity index (χ2n) is 6.42. The third kappa shape index (κ3) is 4.05. The molecule has 1 aliphatic rings. The van der Waals surface area contributed by atoms with Gasteiger partial charge in [-0.05, 0) is 54.4 Å². The van der Waals surface area contributed by atoms with E-state index in [2.05, 4.69) is 0 Å². The van der Waals surface area contributed by atoms with Crippen LogP contribution in [0.25, 0.3) is 0 Å². The van der Waals surface area contributed by atoms with Crippen LogP contribution in [0.5, 0.6) is 5.75 Å². The van der Waals surface area contributed by atoms with Gasteiger partial charge in [0.1, 0.15) is 11.6 Å². The summed E-state index contributed by atoms with van der Waals surface area (Å²) in [6.07, 6.45) is 0. The summed E-state index contributed by atoms with van der Waals surface area (Å²) in [6, 6.07) is 7.81. The molecule has 1 aliphatic heterocycles. The van der Waals surface area contributed by atoms with Crippen molar-refractivity contribution in [1.82, 2.24) is 4.90 Å². The van der Waals surface area contributed by atoms with Crippen LogP contribution in [0.1, 0.15) is 27.6 Å². The van der Waals surface area contributed by atoms with Crippen molar-refractivity contribution in [3.63, 3.8) is 0 Å². The van der Waals surface area contributed by atoms with E-state index in [1.54, 1.807) is 17.0 Å². The first kappa shape index (κ1) is 20.0. The maximum Gasteiger partial charge on any atom is 0.257 e. The number of Topliss-reactive ketones (excluding diaryl/α,β-unsaturated/α-hetero) is 1. The van der Waals surface area contributed by atoms with E-state index in [4.69, 9.17) is 0 Å². The van der Waals surface area contributed by atoms with E-state index in [9.17, 15) is 27.8 Å². The van der Waals surface area contributed by atoms with Crippen LogP contribution >= 0.6 is 0 Å². The van der Waals surface area contributed by atoms with Crippen molar-refractivity contribution in [3.8, 4) is 5.75 Å². The van der Waals surface area contributed by atoms with Crippen LogP contribution in [0, 0.1) is 5.82 Å². The van der Waals surface area contributed by atoms with E-state index in [0.717, 1.165) is 6.07 Å². The van der Waals surface area contributed by atoms with Gasteiger partial charge in [0.05, 0.1) is 11.3 Å². The number of hydrogen-bond acceptors (Lipinski definition) is 6. The number of anilines is 1. The van der Waals surface area contributed by atoms with E-state index < -0.39 is 22.8 Å². The molecule has 7 nitrogen and oxygen atoms in total. The lowest BCUT2D eigenvalue weighted by atomic mass is 10.1. The number of ketones is 1. The number of rotatable bonds is 4. The number of carbonyl (C=O) groups excluding carboxylic acids is 2. The van der Waals surface area contributed by atoms with E-state index >= 15 is 0 Å². The second-order valence-corrected chi connectivity index (χ2v) is 7.36. The molecule has 148 valence electrons. The first-order valence-corrected chi connectivity index (χ1v) is 9.62. The lowest BCUT2D eigenvalue weighted by molar-refractivity contribution is 0.0743. The van der Waals surface area contributed by atoms with Gasteiger partial charge in [-0.15, -0.1) is 0 Å². The van der Waals surface area contributed by atoms with Gasteiger partial charge in [0, 0.05) is 36.6 Å². The van der Waals surface area contributed by atoms with E-state index in [0.29, 0.717) is 24.3 Å². The molecule has 0 aliphatic carbocycles. The Morgan fingerprint density at radius 2 is 1.79 bits per heavy atom. The van der Waals surface area contributed by atoms with Crippen LogP contribution in [0.3, 0.4) is 0 Å². The van der Waals surface area contributed by atoms with Crippen molar-refractivity contribution in [1.29, 1.82) is 0 Å². The predicted octanol–water partition coefficient (Wildman–Crippen LogP) is 1.93. The number of phenolic OH excluding ortho intramolecular Hbond substituents is 1. The summed E-state index contributed by atoms with van der Waals surface area (Å²) in [5.74, 6) is -1.51. The van der Waals surface area contributed by atoms with Crippen LogP contribution in [0.15, 0.2) is 41.3 Å². The first-order chi connectivity index (χ1) is 13.3. The minimum absolute atomic E-state index is 0.0904. The first-order valence-electron chi connectivity index (χ1n) is 8.55. The highest BCUT2D eigenvalue weighted by Crippen LogP contribution is 2.25. The van der Waals surface area contributed by atoms with Gasteiger partial charge in [-0.3, -0.25) is 13.8 Å². The van der Waals surface area contributed by atoms with Crippen LogP contribution in [-0.2, 0) is 11.1 Å². The Morgan fingerprint density at radius 1 is 1.11 bits per heavy atom. The molecule has 3 rings (SSSR count). The van der Waals surface area contributed by atoms with Gasteiger partial charge in [0.15, 0.2) is 5.78 Å². The molecule has 1 unspecified atom stereocenters. The van der Waals surface area contributed by atoms with E-state index in [1.165, 1.54) is 30.0 Å². The van der Waals surface area contributed by atoms with Crippen molar-refractivity contribution in [2.45, 2.75) is 11.8 Å². The summed E-state index contributed by atoms with van der Waals surface area (Å²) >= 11 is -2.51. The number of nitrogens with zero attached hydrogens (tertiary/aromatic N) is 2. The summed E-state index contributed by atoms with van der Waals surface area (Å²) in [6.45, 7) is 2.63. The Kier molecular flexibility index (Phi) is 5.76. The van der Waals surface area contributed by atoms with Crippen molar-refractivity contribution in [2.75, 3.05) is 31.1 Å². The van der Waals surface area contributed by atoms with Crippen molar-refractivity contribution in [2.24, 2.45) is 0 Å². The summed E-state index contributed by atoms with van der Waals surface area (Å²) in [4.78, 5) is 27.2. The molecular weight excluding hydrogens is 387 g/mol. The largest absolute Gasteiger partial charge is 0.768 e. The molecule has 9 heteroatoms. The molecule has 1 amide bonds. The predicted molar refractivity (Wildman–Crippen MR) is 99.8 cm³/mol. The van der Waals surface area contributed by atoms with Gasteiger partial charge in [0.2, 0.25) is 0 Å². The van der Waals surface area contributed by atoms with Crippen LogP contribution in [0.2, 0.25) is 0 Å². The molecule has 0 saturated carbocycles. The van der Waals surface area contributed by atoms with Gasteiger partial charge in [-0.2, -0.15) is 0 Å². The highest BCUT2D eigenvalue weighted by atomic mass is 32.2. The van der Waals surface area contributed by atoms with Crippen molar-refractivity contribution >= 4 is 28.5 Å². The Morgan fingerprint density at radius 3 is 2.36 bits per heavy atom. The zero-order valence-corrected chi connectivity index (χ0v) is 15.9. The number of carbonyl (C=O) groups is 2. The molecule has 2 aromatic rings. The summed E-state index contributed by atoms with van der Waals surface area (Å²) in [5, 5.41) is 9.92. The smallest absolute Gasteiger partial charge is 0.257 e. The summed E-state index contributed by atoms with van der Waals surface area (Å²) in [7, 11) is 0. The Hall–Kier alpha value is -2.78. The zero-order chi connectivity index (χ0) is 20.4. The third-order valence-corrected chi connectivity index (χ3v) is 5.29. The second kappa shape index (κ2) is 8.07. The van der Waals surface area contributed by atoms with Crippen LogP contribution in [0.4, 0.5) is 10.1 Å². The monoisotopic (exact) mass is 405 g/mol. The molecule has 1 saturated heterocycles. The fourth-order valence-corrected chi connectivity index (χ4v) is 3.49. The Labute approximate surface area is 163 Å². The lowest BCUT2D eigenvalue weighted by Crippen LogP contribution is -2.49. The van der Waals surface area contributed by atoms with Crippen LogP contribution in [-0.4, -0.2) is 56.6 Å². The zero-order valence-electron chi connectivity index (χ0n) is 15.1. The SMILES string of the molecule is CC(=O)c1ccc(N2CCN(C(=O)c3cc(S(=O)[O-])ccc3O)CC2)c(F)c1. The topological polar surface area (TPSA) is 101 Å². The highest BCUT2D eigenvalue weighted by molar-refractivity contribution is 7.79. The highest BCUT2D eigenvalue weighted by Gasteiger charge is 2.25. The number of halogens is 1. The molecule has 0 aromatic heterocycles. The Bertz CT molecular complexity index is 957. The fraction of sp³-hybridized carbons (Fsp3) is 0.263. The number of piperazine rings is 1. The molecule has 1 fully saturated rings. The summed E-state index contributed by atoms with van der Waals surface area (Å²) < 4.78 is 36.5. The number of amides is 1. The molecule has 1 atom stereocenters. The average molecular weight is 405 g/mol. The Balaban J connectivity index is 1.72.